The summed E-state index contributed by atoms with van der Waals surface area (Å²) in [6.07, 6.45) is 5.35. The molecule has 1 unspecified atom stereocenters. The molecule has 6 heteroatoms. The molecule has 0 bridgehead atoms. The quantitative estimate of drug-likeness (QED) is 0.882. The van der Waals surface area contributed by atoms with E-state index in [1.807, 2.05) is 6.07 Å². The highest BCUT2D eigenvalue weighted by Crippen LogP contribution is 2.24. The Morgan fingerprint density at radius 1 is 1.20 bits per heavy atom. The number of rotatable bonds is 2. The van der Waals surface area contributed by atoms with Crippen LogP contribution < -0.4 is 5.32 Å². The minimum absolute atomic E-state index is 0. The minimum atomic E-state index is -0.223. The van der Waals surface area contributed by atoms with E-state index in [0.717, 1.165) is 30.0 Å². The monoisotopic (exact) mass is 317 g/mol. The molecule has 0 saturated carbocycles. The van der Waals surface area contributed by atoms with Gasteiger partial charge in [-0.2, -0.15) is 0 Å². The lowest BCUT2D eigenvalue weighted by atomic mass is 10.0. The highest BCUT2D eigenvalue weighted by molar-refractivity contribution is 5.85. The largest absolute Gasteiger partial charge is 0.341 e. The molecule has 2 aromatic rings. The molecule has 1 aliphatic rings. The van der Waals surface area contributed by atoms with E-state index >= 15 is 0 Å². The Morgan fingerprint density at radius 3 is 2.75 bits per heavy atom. The standard InChI is InChI=1S/C14H16FN3.2ClH/c15-11-5-3-4-10(8-11)13-9-17-14(18-13)12-6-1-2-7-16-12;;/h3-5,8-9,12,16H,1-2,6-7H2,(H,17,18);2*1H. The molecular formula is C14H18Cl2FN3. The van der Waals surface area contributed by atoms with Crippen molar-refractivity contribution in [3.63, 3.8) is 0 Å². The van der Waals surface area contributed by atoms with E-state index < -0.39 is 0 Å². The van der Waals surface area contributed by atoms with Gasteiger partial charge in [-0.1, -0.05) is 18.6 Å². The number of nitrogens with one attached hydrogen (secondary N) is 2. The van der Waals surface area contributed by atoms with Crippen molar-refractivity contribution in [1.82, 2.24) is 15.3 Å². The summed E-state index contributed by atoms with van der Waals surface area (Å²) in [5, 5.41) is 3.44. The normalized spacial score (nSPS) is 17.9. The van der Waals surface area contributed by atoms with Gasteiger partial charge < -0.3 is 10.3 Å². The smallest absolute Gasteiger partial charge is 0.123 e. The van der Waals surface area contributed by atoms with Gasteiger partial charge in [0.2, 0.25) is 0 Å². The van der Waals surface area contributed by atoms with Gasteiger partial charge in [0, 0.05) is 5.56 Å². The van der Waals surface area contributed by atoms with Gasteiger partial charge in [0.15, 0.2) is 0 Å². The van der Waals surface area contributed by atoms with Gasteiger partial charge in [-0.3, -0.25) is 0 Å². The Morgan fingerprint density at radius 2 is 2.05 bits per heavy atom. The van der Waals surface area contributed by atoms with Gasteiger partial charge in [-0.25, -0.2) is 9.37 Å². The first-order valence-corrected chi connectivity index (χ1v) is 6.37. The van der Waals surface area contributed by atoms with Crippen molar-refractivity contribution in [2.45, 2.75) is 25.3 Å². The minimum Gasteiger partial charge on any atom is -0.341 e. The van der Waals surface area contributed by atoms with E-state index in [1.165, 1.54) is 25.0 Å². The Balaban J connectivity index is 0.000001000. The van der Waals surface area contributed by atoms with Crippen molar-refractivity contribution >= 4 is 24.8 Å². The van der Waals surface area contributed by atoms with Crippen LogP contribution >= 0.6 is 24.8 Å². The lowest BCUT2D eigenvalue weighted by molar-refractivity contribution is 0.399. The van der Waals surface area contributed by atoms with Gasteiger partial charge >= 0.3 is 0 Å². The zero-order valence-electron chi connectivity index (χ0n) is 10.9. The van der Waals surface area contributed by atoms with Crippen molar-refractivity contribution in [2.24, 2.45) is 0 Å². The summed E-state index contributed by atoms with van der Waals surface area (Å²) in [5.41, 5.74) is 1.71. The number of H-pyrrole nitrogens is 1. The van der Waals surface area contributed by atoms with Crippen molar-refractivity contribution < 1.29 is 4.39 Å². The Labute approximate surface area is 130 Å². The third kappa shape index (κ3) is 3.72. The van der Waals surface area contributed by atoms with E-state index in [0.29, 0.717) is 6.04 Å². The van der Waals surface area contributed by atoms with Crippen LogP contribution in [0.4, 0.5) is 4.39 Å². The second-order valence-corrected chi connectivity index (χ2v) is 4.69. The van der Waals surface area contributed by atoms with Crippen LogP contribution in [0.5, 0.6) is 0 Å². The van der Waals surface area contributed by atoms with Crippen molar-refractivity contribution in [2.75, 3.05) is 6.54 Å². The number of piperidine rings is 1. The van der Waals surface area contributed by atoms with Gasteiger partial charge in [0.05, 0.1) is 17.9 Å². The maximum absolute atomic E-state index is 13.2. The van der Waals surface area contributed by atoms with Crippen LogP contribution in [0, 0.1) is 5.82 Å². The Bertz CT molecular complexity index is 539. The summed E-state index contributed by atoms with van der Waals surface area (Å²) in [6, 6.07) is 6.87. The first-order valence-electron chi connectivity index (χ1n) is 6.37. The summed E-state index contributed by atoms with van der Waals surface area (Å²) in [7, 11) is 0. The second kappa shape index (κ2) is 7.62. The number of nitrogens with zero attached hydrogens (tertiary/aromatic N) is 1. The van der Waals surface area contributed by atoms with Gasteiger partial charge in [-0.05, 0) is 31.5 Å². The summed E-state index contributed by atoms with van der Waals surface area (Å²) < 4.78 is 13.2. The first kappa shape index (κ1) is 17.0. The number of benzene rings is 1. The molecule has 3 rings (SSSR count). The number of aromatic nitrogens is 2. The van der Waals surface area contributed by atoms with E-state index in [9.17, 15) is 4.39 Å². The maximum atomic E-state index is 13.2. The molecule has 3 nitrogen and oxygen atoms in total. The number of aromatic amines is 1. The van der Waals surface area contributed by atoms with Gasteiger partial charge in [-0.15, -0.1) is 24.8 Å². The fourth-order valence-corrected chi connectivity index (χ4v) is 2.40. The number of hydrogen-bond acceptors (Lipinski definition) is 2. The second-order valence-electron chi connectivity index (χ2n) is 4.69. The molecule has 110 valence electrons. The highest BCUT2D eigenvalue weighted by Gasteiger charge is 2.17. The predicted molar refractivity (Wildman–Crippen MR) is 83.1 cm³/mol. The fourth-order valence-electron chi connectivity index (χ4n) is 2.40. The zero-order chi connectivity index (χ0) is 12.4. The van der Waals surface area contributed by atoms with Crippen LogP contribution in [0.25, 0.3) is 11.3 Å². The third-order valence-electron chi connectivity index (χ3n) is 3.37. The van der Waals surface area contributed by atoms with E-state index in [2.05, 4.69) is 15.3 Å². The van der Waals surface area contributed by atoms with E-state index in [4.69, 9.17) is 0 Å². The van der Waals surface area contributed by atoms with Crippen LogP contribution in [-0.2, 0) is 0 Å². The molecule has 1 aliphatic heterocycles. The lowest BCUT2D eigenvalue weighted by Gasteiger charge is -2.21. The van der Waals surface area contributed by atoms with Crippen LogP contribution in [0.15, 0.2) is 30.5 Å². The Hall–Kier alpha value is -1.10. The molecule has 1 fully saturated rings. The summed E-state index contributed by atoms with van der Waals surface area (Å²) in [6.45, 7) is 1.04. The first-order chi connectivity index (χ1) is 8.83. The molecule has 20 heavy (non-hydrogen) atoms. The third-order valence-corrected chi connectivity index (χ3v) is 3.37. The van der Waals surface area contributed by atoms with Crippen LogP contribution in [0.3, 0.4) is 0 Å². The summed E-state index contributed by atoms with van der Waals surface area (Å²) in [4.78, 5) is 7.69. The number of halogens is 3. The molecule has 1 saturated heterocycles. The average Bonchev–Trinajstić information content (AvgIpc) is 2.89. The van der Waals surface area contributed by atoms with Gasteiger partial charge in [0.1, 0.15) is 11.6 Å². The summed E-state index contributed by atoms with van der Waals surface area (Å²) >= 11 is 0. The average molecular weight is 318 g/mol. The van der Waals surface area contributed by atoms with Crippen molar-refractivity contribution in [1.29, 1.82) is 0 Å². The van der Waals surface area contributed by atoms with Crippen LogP contribution in [0.1, 0.15) is 31.1 Å². The van der Waals surface area contributed by atoms with E-state index in [-0.39, 0.29) is 30.6 Å². The topological polar surface area (TPSA) is 40.7 Å². The molecule has 1 aromatic carbocycles. The van der Waals surface area contributed by atoms with Crippen LogP contribution in [0.2, 0.25) is 0 Å². The molecule has 2 N–H and O–H groups in total. The molecule has 0 radical (unpaired) electrons. The fraction of sp³-hybridized carbons (Fsp3) is 0.357. The molecule has 0 spiro atoms. The highest BCUT2D eigenvalue weighted by atomic mass is 35.5. The molecular weight excluding hydrogens is 300 g/mol. The predicted octanol–water partition coefficient (Wildman–Crippen LogP) is 3.87. The zero-order valence-corrected chi connectivity index (χ0v) is 12.6. The van der Waals surface area contributed by atoms with Crippen molar-refractivity contribution in [3.8, 4) is 11.3 Å². The molecule has 1 atom stereocenters. The molecule has 1 aromatic heterocycles. The Kier molecular flexibility index (Phi) is 6.46. The van der Waals surface area contributed by atoms with Gasteiger partial charge in [0.25, 0.3) is 0 Å². The van der Waals surface area contributed by atoms with Crippen LogP contribution in [-0.4, -0.2) is 16.5 Å². The number of imidazole rings is 1. The molecule has 0 aliphatic carbocycles. The maximum Gasteiger partial charge on any atom is 0.123 e. The lowest BCUT2D eigenvalue weighted by Crippen LogP contribution is -2.27. The number of hydrogen-bond donors (Lipinski definition) is 2. The van der Waals surface area contributed by atoms with E-state index in [1.54, 1.807) is 12.3 Å². The molecule has 0 amide bonds. The summed E-state index contributed by atoms with van der Waals surface area (Å²) in [5.74, 6) is 0.730. The van der Waals surface area contributed by atoms with Crippen molar-refractivity contribution in [3.05, 3.63) is 42.1 Å². The SMILES string of the molecule is Cl.Cl.Fc1cccc(-c2cnc(C3CCCCN3)[nH]2)c1. The molecule has 2 heterocycles.